The molecular weight excluding hydrogens is 220 g/mol. The predicted molar refractivity (Wildman–Crippen MR) is 64.6 cm³/mol. The SMILES string of the molecule is CCNC(=O)COc1ccccc1/C(C)=N/O. The number of carbonyl (C=O) groups excluding carboxylic acids is 1. The summed E-state index contributed by atoms with van der Waals surface area (Å²) in [4.78, 5) is 11.3. The molecule has 0 spiro atoms. The molecule has 0 bridgehead atoms. The van der Waals surface area contributed by atoms with Gasteiger partial charge in [0.25, 0.3) is 5.91 Å². The molecule has 0 fully saturated rings. The van der Waals surface area contributed by atoms with Crippen molar-refractivity contribution in [3.63, 3.8) is 0 Å². The first-order valence-corrected chi connectivity index (χ1v) is 5.36. The fourth-order valence-corrected chi connectivity index (χ4v) is 1.34. The van der Waals surface area contributed by atoms with E-state index < -0.39 is 0 Å². The first-order valence-electron chi connectivity index (χ1n) is 5.36. The van der Waals surface area contributed by atoms with E-state index in [1.54, 1.807) is 25.1 Å². The van der Waals surface area contributed by atoms with Gasteiger partial charge >= 0.3 is 0 Å². The number of likely N-dealkylation sites (N-methyl/N-ethyl adjacent to an activating group) is 1. The Labute approximate surface area is 100 Å². The highest BCUT2D eigenvalue weighted by Crippen LogP contribution is 2.18. The van der Waals surface area contributed by atoms with E-state index in [2.05, 4.69) is 10.5 Å². The maximum absolute atomic E-state index is 11.3. The number of hydrogen-bond donors (Lipinski definition) is 2. The average Bonchev–Trinajstić information content (AvgIpc) is 2.36. The minimum absolute atomic E-state index is 0.0520. The summed E-state index contributed by atoms with van der Waals surface area (Å²) in [6, 6.07) is 7.09. The molecule has 0 saturated carbocycles. The van der Waals surface area contributed by atoms with Gasteiger partial charge in [-0.05, 0) is 26.0 Å². The lowest BCUT2D eigenvalue weighted by Crippen LogP contribution is -2.28. The lowest BCUT2D eigenvalue weighted by molar-refractivity contribution is -0.122. The van der Waals surface area contributed by atoms with Crippen molar-refractivity contribution >= 4 is 11.6 Å². The predicted octanol–water partition coefficient (Wildman–Crippen LogP) is 1.40. The lowest BCUT2D eigenvalue weighted by atomic mass is 10.1. The number of amides is 1. The van der Waals surface area contributed by atoms with E-state index in [4.69, 9.17) is 9.94 Å². The molecule has 0 atom stereocenters. The standard InChI is InChI=1S/C12H16N2O3/c1-3-13-12(15)8-17-11-7-5-4-6-10(11)9(2)14-16/h4-7,16H,3,8H2,1-2H3,(H,13,15)/b14-9+. The van der Waals surface area contributed by atoms with Gasteiger partial charge in [-0.25, -0.2) is 0 Å². The Bertz CT molecular complexity index is 416. The summed E-state index contributed by atoms with van der Waals surface area (Å²) in [5, 5.41) is 14.5. The molecule has 0 heterocycles. The van der Waals surface area contributed by atoms with E-state index in [0.29, 0.717) is 23.6 Å². The van der Waals surface area contributed by atoms with Gasteiger partial charge in [-0.3, -0.25) is 4.79 Å². The van der Waals surface area contributed by atoms with Crippen LogP contribution in [0.3, 0.4) is 0 Å². The Morgan fingerprint density at radius 1 is 1.47 bits per heavy atom. The van der Waals surface area contributed by atoms with E-state index in [-0.39, 0.29) is 12.5 Å². The number of hydrogen-bond acceptors (Lipinski definition) is 4. The largest absolute Gasteiger partial charge is 0.483 e. The quantitative estimate of drug-likeness (QED) is 0.461. The Morgan fingerprint density at radius 3 is 2.82 bits per heavy atom. The van der Waals surface area contributed by atoms with E-state index >= 15 is 0 Å². The Morgan fingerprint density at radius 2 is 2.18 bits per heavy atom. The Hall–Kier alpha value is -2.04. The molecule has 0 saturated heterocycles. The number of para-hydroxylation sites is 1. The number of oxime groups is 1. The molecule has 0 aliphatic carbocycles. The summed E-state index contributed by atoms with van der Waals surface area (Å²) < 4.78 is 5.37. The third-order valence-electron chi connectivity index (χ3n) is 2.16. The summed E-state index contributed by atoms with van der Waals surface area (Å²) in [6.07, 6.45) is 0. The zero-order valence-corrected chi connectivity index (χ0v) is 9.93. The molecule has 0 aliphatic heterocycles. The van der Waals surface area contributed by atoms with E-state index in [9.17, 15) is 4.79 Å². The van der Waals surface area contributed by atoms with Gasteiger partial charge < -0.3 is 15.3 Å². The molecule has 0 unspecified atom stereocenters. The van der Waals surface area contributed by atoms with Crippen LogP contribution in [0.1, 0.15) is 19.4 Å². The summed E-state index contributed by atoms with van der Waals surface area (Å²) in [5.41, 5.74) is 1.11. The summed E-state index contributed by atoms with van der Waals surface area (Å²) in [6.45, 7) is 4.02. The van der Waals surface area contributed by atoms with Crippen molar-refractivity contribution in [3.8, 4) is 5.75 Å². The maximum Gasteiger partial charge on any atom is 0.257 e. The van der Waals surface area contributed by atoms with Gasteiger partial charge in [0.2, 0.25) is 0 Å². The van der Waals surface area contributed by atoms with E-state index in [0.717, 1.165) is 0 Å². The Kier molecular flexibility index (Phi) is 5.00. The number of rotatable bonds is 5. The van der Waals surface area contributed by atoms with Crippen LogP contribution in [0, 0.1) is 0 Å². The second-order valence-electron chi connectivity index (χ2n) is 3.42. The lowest BCUT2D eigenvalue weighted by Gasteiger charge is -2.10. The Balaban J connectivity index is 2.74. The zero-order valence-electron chi connectivity index (χ0n) is 9.93. The van der Waals surface area contributed by atoms with Gasteiger partial charge in [0.05, 0.1) is 5.71 Å². The fraction of sp³-hybridized carbons (Fsp3) is 0.333. The van der Waals surface area contributed by atoms with Gasteiger partial charge in [-0.1, -0.05) is 17.3 Å². The molecule has 0 radical (unpaired) electrons. The molecule has 1 aromatic rings. The van der Waals surface area contributed by atoms with Gasteiger partial charge in [0, 0.05) is 12.1 Å². The summed E-state index contributed by atoms with van der Waals surface area (Å²) in [7, 11) is 0. The smallest absolute Gasteiger partial charge is 0.257 e. The van der Waals surface area contributed by atoms with Crippen LogP contribution in [0.15, 0.2) is 29.4 Å². The van der Waals surface area contributed by atoms with Gasteiger partial charge in [0.15, 0.2) is 6.61 Å². The minimum atomic E-state index is -0.180. The van der Waals surface area contributed by atoms with Gasteiger partial charge in [-0.2, -0.15) is 0 Å². The maximum atomic E-state index is 11.3. The molecule has 1 amide bonds. The second kappa shape index (κ2) is 6.52. The summed E-state index contributed by atoms with van der Waals surface area (Å²) >= 11 is 0. The topological polar surface area (TPSA) is 70.9 Å². The van der Waals surface area contributed by atoms with Crippen LogP contribution in [0.5, 0.6) is 5.75 Å². The number of benzene rings is 1. The number of nitrogens with zero attached hydrogens (tertiary/aromatic N) is 1. The van der Waals surface area contributed by atoms with Crippen molar-refractivity contribution in [2.24, 2.45) is 5.16 Å². The van der Waals surface area contributed by atoms with Crippen LogP contribution in [0.4, 0.5) is 0 Å². The zero-order chi connectivity index (χ0) is 12.7. The van der Waals surface area contributed by atoms with Gasteiger partial charge in [0.1, 0.15) is 5.75 Å². The number of carbonyl (C=O) groups is 1. The van der Waals surface area contributed by atoms with Crippen molar-refractivity contribution in [1.29, 1.82) is 0 Å². The van der Waals surface area contributed by atoms with Crippen LogP contribution < -0.4 is 10.1 Å². The summed E-state index contributed by atoms with van der Waals surface area (Å²) in [5.74, 6) is 0.343. The third kappa shape index (κ3) is 3.79. The van der Waals surface area contributed by atoms with Crippen molar-refractivity contribution in [1.82, 2.24) is 5.32 Å². The molecule has 0 aliphatic rings. The molecule has 2 N–H and O–H groups in total. The van der Waals surface area contributed by atoms with Crippen molar-refractivity contribution < 1.29 is 14.7 Å². The van der Waals surface area contributed by atoms with Crippen molar-refractivity contribution in [3.05, 3.63) is 29.8 Å². The first kappa shape index (κ1) is 13.0. The third-order valence-corrected chi connectivity index (χ3v) is 2.16. The highest BCUT2D eigenvalue weighted by atomic mass is 16.5. The van der Waals surface area contributed by atoms with Crippen LogP contribution in [-0.4, -0.2) is 30.0 Å². The van der Waals surface area contributed by atoms with Crippen LogP contribution >= 0.6 is 0 Å². The fourth-order valence-electron chi connectivity index (χ4n) is 1.34. The highest BCUT2D eigenvalue weighted by molar-refractivity contribution is 6.00. The van der Waals surface area contributed by atoms with Crippen molar-refractivity contribution in [2.45, 2.75) is 13.8 Å². The molecule has 0 aromatic heterocycles. The van der Waals surface area contributed by atoms with Gasteiger partial charge in [-0.15, -0.1) is 0 Å². The molecule has 5 nitrogen and oxygen atoms in total. The minimum Gasteiger partial charge on any atom is -0.483 e. The van der Waals surface area contributed by atoms with Crippen LogP contribution in [0.25, 0.3) is 0 Å². The molecule has 5 heteroatoms. The van der Waals surface area contributed by atoms with Crippen LogP contribution in [-0.2, 0) is 4.79 Å². The number of nitrogens with one attached hydrogen (secondary N) is 1. The molecular formula is C12H16N2O3. The molecule has 1 aromatic carbocycles. The van der Waals surface area contributed by atoms with Crippen molar-refractivity contribution in [2.75, 3.05) is 13.2 Å². The first-order chi connectivity index (χ1) is 8.19. The number of ether oxygens (including phenoxy) is 1. The van der Waals surface area contributed by atoms with Crippen LogP contribution in [0.2, 0.25) is 0 Å². The van der Waals surface area contributed by atoms with E-state index in [1.807, 2.05) is 13.0 Å². The normalized spacial score (nSPS) is 11.1. The molecule has 1 rings (SSSR count). The van der Waals surface area contributed by atoms with E-state index in [1.165, 1.54) is 0 Å². The highest BCUT2D eigenvalue weighted by Gasteiger charge is 2.08. The molecule has 17 heavy (non-hydrogen) atoms. The molecule has 92 valence electrons. The average molecular weight is 236 g/mol. The monoisotopic (exact) mass is 236 g/mol. The second-order valence-corrected chi connectivity index (χ2v) is 3.42.